The number of aromatic nitrogens is 1. The Balaban J connectivity index is 1.77. The molecule has 1 aromatic heterocycles. The Morgan fingerprint density at radius 1 is 1.15 bits per heavy atom. The number of para-hydroxylation sites is 1. The molecule has 0 unspecified atom stereocenters. The number of hydrogen-bond acceptors (Lipinski definition) is 3. The van der Waals surface area contributed by atoms with Crippen LogP contribution in [-0.4, -0.2) is 22.6 Å². The van der Waals surface area contributed by atoms with Crippen LogP contribution in [0.3, 0.4) is 0 Å². The molecule has 132 valence electrons. The number of carbonyl (C=O) groups is 2. The quantitative estimate of drug-likeness (QED) is 0.337. The molecule has 2 amide bonds. The number of rotatable bonds is 6. The van der Waals surface area contributed by atoms with Gasteiger partial charge in [0.25, 0.3) is 5.91 Å². The van der Waals surface area contributed by atoms with E-state index in [0.717, 1.165) is 20.0 Å². The number of benzene rings is 2. The summed E-state index contributed by atoms with van der Waals surface area (Å²) in [4.78, 5) is 23.2. The Labute approximate surface area is 164 Å². The van der Waals surface area contributed by atoms with Crippen molar-refractivity contribution in [3.63, 3.8) is 0 Å². The van der Waals surface area contributed by atoms with Crippen molar-refractivity contribution >= 4 is 51.5 Å². The van der Waals surface area contributed by atoms with Crippen molar-refractivity contribution < 1.29 is 9.59 Å². The summed E-state index contributed by atoms with van der Waals surface area (Å²) < 4.78 is 3.02. The maximum atomic E-state index is 12.1. The number of carbonyl (C=O) groups excluding carboxylic acids is 2. The second-order valence-electron chi connectivity index (χ2n) is 5.72. The van der Waals surface area contributed by atoms with E-state index in [2.05, 4.69) is 33.1 Å². The van der Waals surface area contributed by atoms with Crippen molar-refractivity contribution in [2.45, 2.75) is 13.0 Å². The van der Waals surface area contributed by atoms with Crippen LogP contribution in [0.25, 0.3) is 10.9 Å². The molecule has 0 bridgehead atoms. The molecule has 0 atom stereocenters. The molecular weight excluding hydrogens is 443 g/mol. The van der Waals surface area contributed by atoms with E-state index in [1.54, 1.807) is 18.3 Å². The maximum absolute atomic E-state index is 12.1. The Hall–Kier alpha value is -2.68. The van der Waals surface area contributed by atoms with E-state index in [1.807, 2.05) is 47.2 Å². The predicted molar refractivity (Wildman–Crippen MR) is 110 cm³/mol. The molecule has 0 fully saturated rings. The Bertz CT molecular complexity index is 977. The first kappa shape index (κ1) is 18.1. The molecule has 0 aliphatic heterocycles. The van der Waals surface area contributed by atoms with Crippen LogP contribution in [0.2, 0.25) is 0 Å². The van der Waals surface area contributed by atoms with Gasteiger partial charge in [0.15, 0.2) is 0 Å². The number of fused-ring (bicyclic) bond motifs is 1. The van der Waals surface area contributed by atoms with E-state index in [-0.39, 0.29) is 18.2 Å². The number of nitrogens with zero attached hydrogens (tertiary/aromatic N) is 2. The third-order valence-corrected chi connectivity index (χ3v) is 4.61. The van der Waals surface area contributed by atoms with E-state index in [9.17, 15) is 9.59 Å². The number of nitrogens with two attached hydrogens (primary N) is 1. The normalized spacial score (nSPS) is 11.1. The minimum atomic E-state index is -0.345. The van der Waals surface area contributed by atoms with E-state index in [0.29, 0.717) is 12.1 Å². The minimum Gasteiger partial charge on any atom is -0.370 e. The second kappa shape index (κ2) is 8.13. The summed E-state index contributed by atoms with van der Waals surface area (Å²) in [5, 5.41) is 5.06. The smallest absolute Gasteiger partial charge is 0.271 e. The fourth-order valence-corrected chi connectivity index (χ4v) is 2.98. The summed E-state index contributed by atoms with van der Waals surface area (Å²) in [5.41, 5.74) is 10.2. The van der Waals surface area contributed by atoms with Gasteiger partial charge < -0.3 is 10.3 Å². The molecule has 2 aromatic carbocycles. The standard InChI is InChI=1S/C19H17IN4O2/c20-15-7-5-13(6-8-15)19(26)23-22-11-14-12-24(10-9-18(21)25)17-4-2-1-3-16(14)17/h1-8,11-12H,9-10H2,(H2,21,25)(H,23,26)/b22-11-. The van der Waals surface area contributed by atoms with Crippen molar-refractivity contribution in [2.75, 3.05) is 0 Å². The monoisotopic (exact) mass is 460 g/mol. The van der Waals surface area contributed by atoms with Crippen LogP contribution in [0.15, 0.2) is 59.8 Å². The molecule has 3 aromatic rings. The highest BCUT2D eigenvalue weighted by Gasteiger charge is 2.08. The van der Waals surface area contributed by atoms with Gasteiger partial charge in [0, 0.05) is 44.8 Å². The largest absolute Gasteiger partial charge is 0.370 e. The van der Waals surface area contributed by atoms with Crippen molar-refractivity contribution in [2.24, 2.45) is 10.8 Å². The van der Waals surface area contributed by atoms with Crippen molar-refractivity contribution in [3.8, 4) is 0 Å². The first-order chi connectivity index (χ1) is 12.5. The zero-order chi connectivity index (χ0) is 18.5. The Morgan fingerprint density at radius 2 is 1.88 bits per heavy atom. The lowest BCUT2D eigenvalue weighted by atomic mass is 10.2. The topological polar surface area (TPSA) is 89.5 Å². The molecule has 0 radical (unpaired) electrons. The highest BCUT2D eigenvalue weighted by atomic mass is 127. The number of amides is 2. The molecule has 0 aliphatic carbocycles. The fraction of sp³-hybridized carbons (Fsp3) is 0.105. The number of nitrogens with one attached hydrogen (secondary N) is 1. The van der Waals surface area contributed by atoms with Gasteiger partial charge in [0.1, 0.15) is 0 Å². The number of hydrogen-bond donors (Lipinski definition) is 2. The van der Waals surface area contributed by atoms with Gasteiger partial charge >= 0.3 is 0 Å². The summed E-state index contributed by atoms with van der Waals surface area (Å²) in [7, 11) is 0. The molecule has 3 rings (SSSR count). The van der Waals surface area contributed by atoms with Gasteiger partial charge in [0.05, 0.1) is 6.21 Å². The van der Waals surface area contributed by atoms with Crippen molar-refractivity contribution in [1.82, 2.24) is 9.99 Å². The van der Waals surface area contributed by atoms with Gasteiger partial charge in [-0.2, -0.15) is 5.10 Å². The highest BCUT2D eigenvalue weighted by molar-refractivity contribution is 14.1. The molecule has 0 spiro atoms. The molecule has 7 heteroatoms. The van der Waals surface area contributed by atoms with Crippen LogP contribution in [0.5, 0.6) is 0 Å². The van der Waals surface area contributed by atoms with Gasteiger partial charge in [0.2, 0.25) is 5.91 Å². The number of halogens is 1. The van der Waals surface area contributed by atoms with Crippen molar-refractivity contribution in [1.29, 1.82) is 0 Å². The van der Waals surface area contributed by atoms with Crippen LogP contribution in [0.1, 0.15) is 22.3 Å². The summed E-state index contributed by atoms with van der Waals surface area (Å²) in [6.07, 6.45) is 3.76. The van der Waals surface area contributed by atoms with Gasteiger partial charge in [-0.05, 0) is 52.9 Å². The van der Waals surface area contributed by atoms with Gasteiger partial charge in [-0.15, -0.1) is 0 Å². The number of primary amides is 1. The molecule has 0 saturated carbocycles. The third-order valence-electron chi connectivity index (χ3n) is 3.89. The van der Waals surface area contributed by atoms with E-state index < -0.39 is 0 Å². The summed E-state index contributed by atoms with van der Waals surface area (Å²) in [6, 6.07) is 15.0. The molecule has 26 heavy (non-hydrogen) atoms. The zero-order valence-electron chi connectivity index (χ0n) is 13.9. The average molecular weight is 460 g/mol. The molecular formula is C19H17IN4O2. The van der Waals surface area contributed by atoms with E-state index in [4.69, 9.17) is 5.73 Å². The van der Waals surface area contributed by atoms with Crippen LogP contribution in [-0.2, 0) is 11.3 Å². The second-order valence-corrected chi connectivity index (χ2v) is 6.96. The van der Waals surface area contributed by atoms with Gasteiger partial charge in [-0.1, -0.05) is 18.2 Å². The van der Waals surface area contributed by atoms with Crippen LogP contribution < -0.4 is 11.2 Å². The van der Waals surface area contributed by atoms with Crippen LogP contribution >= 0.6 is 22.6 Å². The lowest BCUT2D eigenvalue weighted by Gasteiger charge is -2.02. The van der Waals surface area contributed by atoms with E-state index >= 15 is 0 Å². The Kier molecular flexibility index (Phi) is 5.67. The fourth-order valence-electron chi connectivity index (χ4n) is 2.62. The SMILES string of the molecule is NC(=O)CCn1cc(/C=N\NC(=O)c2ccc(I)cc2)c2ccccc21. The first-order valence-electron chi connectivity index (χ1n) is 8.00. The molecule has 1 heterocycles. The third kappa shape index (κ3) is 4.29. The molecule has 3 N–H and O–H groups in total. The number of hydrazone groups is 1. The summed E-state index contributed by atoms with van der Waals surface area (Å²) >= 11 is 2.18. The molecule has 0 saturated heterocycles. The van der Waals surface area contributed by atoms with Gasteiger partial charge in [-0.3, -0.25) is 9.59 Å². The maximum Gasteiger partial charge on any atom is 0.271 e. The molecule has 0 aliphatic rings. The average Bonchev–Trinajstić information content (AvgIpc) is 2.98. The first-order valence-corrected chi connectivity index (χ1v) is 9.07. The van der Waals surface area contributed by atoms with E-state index in [1.165, 1.54) is 0 Å². The highest BCUT2D eigenvalue weighted by Crippen LogP contribution is 2.20. The lowest BCUT2D eigenvalue weighted by molar-refractivity contribution is -0.118. The minimum absolute atomic E-state index is 0.263. The van der Waals surface area contributed by atoms with Crippen LogP contribution in [0, 0.1) is 3.57 Å². The van der Waals surface area contributed by atoms with Crippen LogP contribution in [0.4, 0.5) is 0 Å². The van der Waals surface area contributed by atoms with Crippen molar-refractivity contribution in [3.05, 3.63) is 69.4 Å². The summed E-state index contributed by atoms with van der Waals surface area (Å²) in [5.74, 6) is -0.613. The lowest BCUT2D eigenvalue weighted by Crippen LogP contribution is -2.17. The number of aryl methyl sites for hydroxylation is 1. The predicted octanol–water partition coefficient (Wildman–Crippen LogP) is 2.89. The van der Waals surface area contributed by atoms with Gasteiger partial charge in [-0.25, -0.2) is 5.43 Å². The molecule has 6 nitrogen and oxygen atoms in total. The Morgan fingerprint density at radius 3 is 2.62 bits per heavy atom. The summed E-state index contributed by atoms with van der Waals surface area (Å²) in [6.45, 7) is 0.499. The zero-order valence-corrected chi connectivity index (χ0v) is 16.0.